The summed E-state index contributed by atoms with van der Waals surface area (Å²) in [6.45, 7) is 6.18. The smallest absolute Gasteiger partial charge is 0.267 e. The van der Waals surface area contributed by atoms with E-state index in [0.29, 0.717) is 6.54 Å². The lowest BCUT2D eigenvalue weighted by atomic mass is 10.1. The minimum atomic E-state index is 0.00764. The number of hydrogen-bond acceptors (Lipinski definition) is 3. The number of carbonyl (C=O) groups excluding carboxylic acids is 1. The van der Waals surface area contributed by atoms with Crippen molar-refractivity contribution in [3.05, 3.63) is 41.6 Å². The van der Waals surface area contributed by atoms with E-state index in [4.69, 9.17) is 0 Å². The number of nitrogens with one attached hydrogen (secondary N) is 2. The predicted molar refractivity (Wildman–Crippen MR) is 77.5 cm³/mol. The molecule has 102 valence electrons. The Labute approximate surface area is 114 Å². The normalized spacial score (nSPS) is 16.3. The van der Waals surface area contributed by atoms with Crippen molar-refractivity contribution < 1.29 is 4.79 Å². The number of amides is 1. The maximum Gasteiger partial charge on any atom is 0.267 e. The molecule has 4 heteroatoms. The molecule has 0 aliphatic carbocycles. The number of piperazine rings is 1. The molecule has 1 aromatic rings. The van der Waals surface area contributed by atoms with Crippen LogP contribution < -0.4 is 10.6 Å². The number of hydrogen-bond donors (Lipinski definition) is 2. The van der Waals surface area contributed by atoms with Crippen LogP contribution in [0.3, 0.4) is 0 Å². The average Bonchev–Trinajstić information content (AvgIpc) is 2.47. The fourth-order valence-electron chi connectivity index (χ4n) is 2.16. The largest absolute Gasteiger partial charge is 0.365 e. The first-order valence-electron chi connectivity index (χ1n) is 6.82. The molecule has 1 heterocycles. The number of likely N-dealkylation sites (N-methyl/N-ethyl adjacent to an activating group) is 1. The summed E-state index contributed by atoms with van der Waals surface area (Å²) in [7, 11) is 0. The molecule has 0 unspecified atom stereocenters. The van der Waals surface area contributed by atoms with Crippen LogP contribution in [0.5, 0.6) is 0 Å². The summed E-state index contributed by atoms with van der Waals surface area (Å²) in [6.07, 6.45) is 1.97. The van der Waals surface area contributed by atoms with Gasteiger partial charge in [-0.1, -0.05) is 30.3 Å². The van der Waals surface area contributed by atoms with E-state index < -0.39 is 0 Å². The van der Waals surface area contributed by atoms with Gasteiger partial charge >= 0.3 is 0 Å². The molecule has 0 aromatic heterocycles. The summed E-state index contributed by atoms with van der Waals surface area (Å²) >= 11 is 0. The van der Waals surface area contributed by atoms with Gasteiger partial charge in [-0.3, -0.25) is 4.79 Å². The molecule has 1 aromatic carbocycles. The SMILES string of the molecule is CCNC(=O)C(=Cc1ccccc1)N1CCNCC1. The topological polar surface area (TPSA) is 44.4 Å². The Morgan fingerprint density at radius 1 is 1.32 bits per heavy atom. The molecule has 1 fully saturated rings. The van der Waals surface area contributed by atoms with Gasteiger partial charge in [-0.2, -0.15) is 0 Å². The van der Waals surface area contributed by atoms with Crippen molar-refractivity contribution in [3.8, 4) is 0 Å². The summed E-state index contributed by atoms with van der Waals surface area (Å²) in [5, 5.41) is 6.20. The zero-order valence-corrected chi connectivity index (χ0v) is 11.4. The van der Waals surface area contributed by atoms with Crippen LogP contribution in [0.4, 0.5) is 0 Å². The van der Waals surface area contributed by atoms with Gasteiger partial charge in [0.25, 0.3) is 5.91 Å². The predicted octanol–water partition coefficient (Wildman–Crippen LogP) is 1.07. The zero-order chi connectivity index (χ0) is 13.5. The van der Waals surface area contributed by atoms with Crippen molar-refractivity contribution in [1.82, 2.24) is 15.5 Å². The molecule has 0 bridgehead atoms. The van der Waals surface area contributed by atoms with Gasteiger partial charge in [0.2, 0.25) is 0 Å². The Morgan fingerprint density at radius 3 is 2.63 bits per heavy atom. The molecular formula is C15H21N3O. The highest BCUT2D eigenvalue weighted by Gasteiger charge is 2.18. The van der Waals surface area contributed by atoms with E-state index in [0.717, 1.165) is 37.4 Å². The highest BCUT2D eigenvalue weighted by molar-refractivity contribution is 5.97. The summed E-state index contributed by atoms with van der Waals surface area (Å²) in [5.41, 5.74) is 1.82. The standard InChI is InChI=1S/C15H21N3O/c1-2-17-15(19)14(18-10-8-16-9-11-18)12-13-6-4-3-5-7-13/h3-7,12,16H,2,8-11H2,1H3,(H,17,19). The second kappa shape index (κ2) is 6.95. The fraction of sp³-hybridized carbons (Fsp3) is 0.400. The van der Waals surface area contributed by atoms with Crippen LogP contribution in [0.2, 0.25) is 0 Å². The molecular weight excluding hydrogens is 238 g/mol. The molecule has 1 aliphatic heterocycles. The molecule has 19 heavy (non-hydrogen) atoms. The third-order valence-corrected chi connectivity index (χ3v) is 3.13. The Bertz CT molecular complexity index is 436. The van der Waals surface area contributed by atoms with E-state index in [1.54, 1.807) is 0 Å². The van der Waals surface area contributed by atoms with Crippen LogP contribution in [-0.2, 0) is 4.79 Å². The van der Waals surface area contributed by atoms with Gasteiger partial charge in [0.1, 0.15) is 5.70 Å². The Kier molecular flexibility index (Phi) is 4.98. The third kappa shape index (κ3) is 3.83. The first-order valence-corrected chi connectivity index (χ1v) is 6.82. The Balaban J connectivity index is 2.22. The Morgan fingerprint density at radius 2 is 2.00 bits per heavy atom. The van der Waals surface area contributed by atoms with Gasteiger partial charge in [0.15, 0.2) is 0 Å². The fourth-order valence-corrected chi connectivity index (χ4v) is 2.16. The van der Waals surface area contributed by atoms with Gasteiger partial charge < -0.3 is 15.5 Å². The monoisotopic (exact) mass is 259 g/mol. The summed E-state index contributed by atoms with van der Waals surface area (Å²) in [5.74, 6) is 0.00764. The molecule has 4 nitrogen and oxygen atoms in total. The highest BCUT2D eigenvalue weighted by atomic mass is 16.2. The van der Waals surface area contributed by atoms with Crippen molar-refractivity contribution in [1.29, 1.82) is 0 Å². The van der Waals surface area contributed by atoms with E-state index in [2.05, 4.69) is 15.5 Å². The molecule has 0 spiro atoms. The summed E-state index contributed by atoms with van der Waals surface area (Å²) < 4.78 is 0. The van der Waals surface area contributed by atoms with Crippen LogP contribution in [-0.4, -0.2) is 43.5 Å². The molecule has 2 rings (SSSR count). The second-order valence-corrected chi connectivity index (χ2v) is 4.54. The van der Waals surface area contributed by atoms with Crippen molar-refractivity contribution >= 4 is 12.0 Å². The summed E-state index contributed by atoms with van der Waals surface area (Å²) in [6, 6.07) is 9.98. The molecule has 1 amide bonds. The second-order valence-electron chi connectivity index (χ2n) is 4.54. The minimum absolute atomic E-state index is 0.00764. The van der Waals surface area contributed by atoms with E-state index >= 15 is 0 Å². The first kappa shape index (κ1) is 13.6. The van der Waals surface area contributed by atoms with Crippen LogP contribution in [0.15, 0.2) is 36.0 Å². The van der Waals surface area contributed by atoms with Gasteiger partial charge in [0, 0.05) is 32.7 Å². The quantitative estimate of drug-likeness (QED) is 0.795. The highest BCUT2D eigenvalue weighted by Crippen LogP contribution is 2.12. The van der Waals surface area contributed by atoms with Gasteiger partial charge in [0.05, 0.1) is 0 Å². The number of nitrogens with zero attached hydrogens (tertiary/aromatic N) is 1. The molecule has 2 N–H and O–H groups in total. The van der Waals surface area contributed by atoms with E-state index in [1.165, 1.54) is 0 Å². The minimum Gasteiger partial charge on any atom is -0.365 e. The van der Waals surface area contributed by atoms with Gasteiger partial charge in [-0.15, -0.1) is 0 Å². The molecule has 1 saturated heterocycles. The third-order valence-electron chi connectivity index (χ3n) is 3.13. The van der Waals surface area contributed by atoms with E-state index in [9.17, 15) is 4.79 Å². The number of rotatable bonds is 4. The lowest BCUT2D eigenvalue weighted by Crippen LogP contribution is -2.46. The maximum absolute atomic E-state index is 12.2. The molecule has 0 saturated carbocycles. The number of carbonyl (C=O) groups is 1. The molecule has 0 radical (unpaired) electrons. The maximum atomic E-state index is 12.2. The van der Waals surface area contributed by atoms with Crippen molar-refractivity contribution in [3.63, 3.8) is 0 Å². The van der Waals surface area contributed by atoms with E-state index in [1.807, 2.05) is 43.3 Å². The van der Waals surface area contributed by atoms with Crippen molar-refractivity contribution in [2.24, 2.45) is 0 Å². The van der Waals surface area contributed by atoms with Crippen LogP contribution in [0, 0.1) is 0 Å². The summed E-state index contributed by atoms with van der Waals surface area (Å²) in [4.78, 5) is 14.4. The average molecular weight is 259 g/mol. The Hall–Kier alpha value is -1.81. The van der Waals surface area contributed by atoms with Crippen LogP contribution in [0.1, 0.15) is 12.5 Å². The molecule has 0 atom stereocenters. The first-order chi connectivity index (χ1) is 9.31. The van der Waals surface area contributed by atoms with Crippen molar-refractivity contribution in [2.75, 3.05) is 32.7 Å². The van der Waals surface area contributed by atoms with Crippen LogP contribution >= 0.6 is 0 Å². The lowest BCUT2D eigenvalue weighted by molar-refractivity contribution is -0.118. The van der Waals surface area contributed by atoms with Gasteiger partial charge in [-0.05, 0) is 18.6 Å². The van der Waals surface area contributed by atoms with Gasteiger partial charge in [-0.25, -0.2) is 0 Å². The van der Waals surface area contributed by atoms with Crippen molar-refractivity contribution in [2.45, 2.75) is 6.92 Å². The van der Waals surface area contributed by atoms with E-state index in [-0.39, 0.29) is 5.91 Å². The van der Waals surface area contributed by atoms with Crippen LogP contribution in [0.25, 0.3) is 6.08 Å². The molecule has 1 aliphatic rings. The lowest BCUT2D eigenvalue weighted by Gasteiger charge is -2.30. The zero-order valence-electron chi connectivity index (χ0n) is 11.4. The number of benzene rings is 1.